The van der Waals surface area contributed by atoms with E-state index < -0.39 is 14.9 Å². The van der Waals surface area contributed by atoms with Crippen molar-refractivity contribution in [2.24, 2.45) is 5.92 Å². The second-order valence-electron chi connectivity index (χ2n) is 5.24. The normalized spacial score (nSPS) is 18.5. The van der Waals surface area contributed by atoms with Crippen molar-refractivity contribution in [1.29, 1.82) is 0 Å². The zero-order valence-corrected chi connectivity index (χ0v) is 13.7. The van der Waals surface area contributed by atoms with E-state index in [2.05, 4.69) is 10.0 Å². The molecule has 1 fully saturated rings. The molecule has 2 rings (SSSR count). The summed E-state index contributed by atoms with van der Waals surface area (Å²) >= 11 is 0. The van der Waals surface area contributed by atoms with Crippen molar-refractivity contribution < 1.29 is 13.3 Å². The Bertz CT molecular complexity index is 586. The van der Waals surface area contributed by atoms with Crippen molar-refractivity contribution in [2.45, 2.75) is 18.6 Å². The van der Waals surface area contributed by atoms with E-state index in [1.54, 1.807) is 0 Å². The molecule has 1 unspecified atom stereocenters. The van der Waals surface area contributed by atoms with Crippen LogP contribution in [0.2, 0.25) is 0 Å². The number of nitrogens with one attached hydrogen (secondary N) is 2. The number of nitro groups is 1. The van der Waals surface area contributed by atoms with Gasteiger partial charge >= 0.3 is 0 Å². The molecule has 0 saturated carbocycles. The minimum absolute atomic E-state index is 0. The molecule has 0 radical (unpaired) electrons. The monoisotopic (exact) mass is 349 g/mol. The third kappa shape index (κ3) is 5.88. The molecular formula is C13H20ClN3O4S. The van der Waals surface area contributed by atoms with Gasteiger partial charge in [0.1, 0.15) is 0 Å². The fourth-order valence-corrected chi connectivity index (χ4v) is 3.55. The minimum Gasteiger partial charge on any atom is -0.316 e. The van der Waals surface area contributed by atoms with Gasteiger partial charge in [0.15, 0.2) is 0 Å². The number of non-ortho nitro benzene ring substituents is 1. The summed E-state index contributed by atoms with van der Waals surface area (Å²) in [5, 5.41) is 13.8. The lowest BCUT2D eigenvalue weighted by Gasteiger charge is -2.22. The number of hydrogen-bond acceptors (Lipinski definition) is 5. The summed E-state index contributed by atoms with van der Waals surface area (Å²) in [5.74, 6) is 0.163. The molecule has 1 aliphatic rings. The lowest BCUT2D eigenvalue weighted by Crippen LogP contribution is -2.38. The van der Waals surface area contributed by atoms with Crippen LogP contribution in [0.25, 0.3) is 0 Å². The highest BCUT2D eigenvalue weighted by atomic mass is 35.5. The Labute approximate surface area is 136 Å². The molecule has 1 heterocycles. The molecule has 9 heteroatoms. The van der Waals surface area contributed by atoms with E-state index in [0.717, 1.165) is 25.9 Å². The third-order valence-corrected chi connectivity index (χ3v) is 4.81. The lowest BCUT2D eigenvalue weighted by molar-refractivity contribution is -0.384. The Kier molecular flexibility index (Phi) is 7.21. The number of benzene rings is 1. The predicted molar refractivity (Wildman–Crippen MR) is 86.6 cm³/mol. The van der Waals surface area contributed by atoms with Gasteiger partial charge in [0, 0.05) is 18.7 Å². The first-order valence-electron chi connectivity index (χ1n) is 6.88. The second-order valence-corrected chi connectivity index (χ2v) is 7.05. The molecule has 1 saturated heterocycles. The number of rotatable bonds is 6. The second kappa shape index (κ2) is 8.42. The summed E-state index contributed by atoms with van der Waals surface area (Å²) in [6.07, 6.45) is 2.09. The first-order chi connectivity index (χ1) is 9.96. The van der Waals surface area contributed by atoms with Crippen LogP contribution in [0.4, 0.5) is 5.69 Å². The van der Waals surface area contributed by atoms with Crippen molar-refractivity contribution in [3.63, 3.8) is 0 Å². The number of piperidine rings is 1. The molecule has 0 spiro atoms. The highest BCUT2D eigenvalue weighted by molar-refractivity contribution is 7.88. The van der Waals surface area contributed by atoms with E-state index in [0.29, 0.717) is 18.0 Å². The fourth-order valence-electron chi connectivity index (χ4n) is 2.33. The Morgan fingerprint density at radius 1 is 1.32 bits per heavy atom. The maximum absolute atomic E-state index is 12.0. The highest BCUT2D eigenvalue weighted by Crippen LogP contribution is 2.14. The van der Waals surface area contributed by atoms with Crippen LogP contribution in [0.15, 0.2) is 24.3 Å². The molecule has 1 aliphatic heterocycles. The van der Waals surface area contributed by atoms with Gasteiger partial charge in [0.2, 0.25) is 10.0 Å². The molecule has 1 atom stereocenters. The van der Waals surface area contributed by atoms with Gasteiger partial charge in [0.05, 0.1) is 10.7 Å². The van der Waals surface area contributed by atoms with Crippen LogP contribution in [0.5, 0.6) is 0 Å². The maximum atomic E-state index is 12.0. The van der Waals surface area contributed by atoms with Crippen LogP contribution in [-0.2, 0) is 15.8 Å². The summed E-state index contributed by atoms with van der Waals surface area (Å²) in [5.41, 5.74) is 0.493. The zero-order valence-electron chi connectivity index (χ0n) is 12.0. The van der Waals surface area contributed by atoms with E-state index in [9.17, 15) is 18.5 Å². The molecule has 0 amide bonds. The molecule has 7 nitrogen and oxygen atoms in total. The molecule has 2 N–H and O–H groups in total. The van der Waals surface area contributed by atoms with Crippen LogP contribution in [0.1, 0.15) is 18.4 Å². The van der Waals surface area contributed by atoms with Crippen LogP contribution in [0, 0.1) is 16.0 Å². The van der Waals surface area contributed by atoms with Crippen molar-refractivity contribution in [3.8, 4) is 0 Å². The highest BCUT2D eigenvalue weighted by Gasteiger charge is 2.17. The Morgan fingerprint density at radius 3 is 2.55 bits per heavy atom. The zero-order chi connectivity index (χ0) is 15.3. The number of halogens is 1. The number of hydrogen-bond donors (Lipinski definition) is 2. The van der Waals surface area contributed by atoms with Crippen molar-refractivity contribution in [1.82, 2.24) is 10.0 Å². The van der Waals surface area contributed by atoms with Crippen molar-refractivity contribution in [2.75, 3.05) is 19.6 Å². The maximum Gasteiger partial charge on any atom is 0.269 e. The van der Waals surface area contributed by atoms with Gasteiger partial charge in [0.25, 0.3) is 5.69 Å². The topological polar surface area (TPSA) is 101 Å². The predicted octanol–water partition coefficient (Wildman–Crippen LogP) is 1.44. The van der Waals surface area contributed by atoms with Gasteiger partial charge in [-0.15, -0.1) is 12.4 Å². The number of sulfonamides is 1. The molecular weight excluding hydrogens is 330 g/mol. The summed E-state index contributed by atoms with van der Waals surface area (Å²) < 4.78 is 26.6. The first-order valence-corrected chi connectivity index (χ1v) is 8.53. The smallest absolute Gasteiger partial charge is 0.269 e. The largest absolute Gasteiger partial charge is 0.316 e. The van der Waals surface area contributed by atoms with Gasteiger partial charge in [-0.05, 0) is 37.4 Å². The molecule has 1 aromatic rings. The van der Waals surface area contributed by atoms with Gasteiger partial charge in [-0.2, -0.15) is 0 Å². The summed E-state index contributed by atoms with van der Waals surface area (Å²) in [6.45, 7) is 2.26. The minimum atomic E-state index is -3.41. The van der Waals surface area contributed by atoms with E-state index in [-0.39, 0.29) is 23.8 Å². The number of nitrogens with zero attached hydrogens (tertiary/aromatic N) is 1. The van der Waals surface area contributed by atoms with Gasteiger partial charge in [-0.25, -0.2) is 13.1 Å². The lowest BCUT2D eigenvalue weighted by atomic mass is 10.0. The number of nitro benzene ring substituents is 1. The van der Waals surface area contributed by atoms with E-state index >= 15 is 0 Å². The Hall–Kier alpha value is -1.22. The molecule has 0 aromatic heterocycles. The summed E-state index contributed by atoms with van der Waals surface area (Å²) in [4.78, 5) is 10.0. The summed E-state index contributed by atoms with van der Waals surface area (Å²) in [7, 11) is -3.41. The molecule has 22 heavy (non-hydrogen) atoms. The van der Waals surface area contributed by atoms with Gasteiger partial charge < -0.3 is 5.32 Å². The average molecular weight is 350 g/mol. The SMILES string of the molecule is Cl.O=[N+]([O-])c1ccc(CS(=O)(=O)NCC2CCCNC2)cc1. The van der Waals surface area contributed by atoms with Crippen LogP contribution >= 0.6 is 12.4 Å². The molecule has 1 aromatic carbocycles. The summed E-state index contributed by atoms with van der Waals surface area (Å²) in [6, 6.07) is 5.57. The van der Waals surface area contributed by atoms with Gasteiger partial charge in [-0.1, -0.05) is 12.1 Å². The van der Waals surface area contributed by atoms with Crippen molar-refractivity contribution >= 4 is 28.1 Å². The van der Waals surface area contributed by atoms with Crippen LogP contribution in [-0.4, -0.2) is 33.0 Å². The standard InChI is InChI=1S/C13H19N3O4S.ClH/c17-16(18)13-5-3-11(4-6-13)10-21(19,20)15-9-12-2-1-7-14-8-12;/h3-6,12,14-15H,1-2,7-10H2;1H. The van der Waals surface area contributed by atoms with E-state index in [1.807, 2.05) is 0 Å². The van der Waals surface area contributed by atoms with Crippen LogP contribution < -0.4 is 10.0 Å². The van der Waals surface area contributed by atoms with Crippen LogP contribution in [0.3, 0.4) is 0 Å². The van der Waals surface area contributed by atoms with E-state index in [4.69, 9.17) is 0 Å². The average Bonchev–Trinajstić information content (AvgIpc) is 2.46. The van der Waals surface area contributed by atoms with E-state index in [1.165, 1.54) is 24.3 Å². The molecule has 0 aliphatic carbocycles. The van der Waals surface area contributed by atoms with Crippen molar-refractivity contribution in [3.05, 3.63) is 39.9 Å². The quantitative estimate of drug-likeness (QED) is 0.597. The molecule has 124 valence electrons. The fraction of sp³-hybridized carbons (Fsp3) is 0.538. The first kappa shape index (κ1) is 18.8. The van der Waals surface area contributed by atoms with Gasteiger partial charge in [-0.3, -0.25) is 10.1 Å². The Morgan fingerprint density at radius 2 is 2.00 bits per heavy atom. The third-order valence-electron chi connectivity index (χ3n) is 3.49. The molecule has 0 bridgehead atoms. The Balaban J connectivity index is 0.00000242.